The summed E-state index contributed by atoms with van der Waals surface area (Å²) in [5.74, 6) is -0.654. The van der Waals surface area contributed by atoms with Gasteiger partial charge in [-0.2, -0.15) is 11.8 Å². The number of thioether (sulfide) groups is 1. The summed E-state index contributed by atoms with van der Waals surface area (Å²) in [5.41, 5.74) is 0.155. The molecular formula is C29H45N5O5S. The molecule has 11 heteroatoms. The van der Waals surface area contributed by atoms with Gasteiger partial charge in [-0.3, -0.25) is 24.0 Å². The Balaban J connectivity index is 2.29. The second-order valence-corrected chi connectivity index (χ2v) is 12.4. The lowest BCUT2D eigenvalue weighted by Crippen LogP contribution is -2.61. The third-order valence-electron chi connectivity index (χ3n) is 6.78. The van der Waals surface area contributed by atoms with Crippen LogP contribution in [-0.4, -0.2) is 66.0 Å². The maximum absolute atomic E-state index is 13.4. The first-order chi connectivity index (χ1) is 18.8. The van der Waals surface area contributed by atoms with Gasteiger partial charge in [-0.15, -0.1) is 0 Å². The fraction of sp³-hybridized carbons (Fsp3) is 0.621. The second-order valence-electron chi connectivity index (χ2n) is 11.3. The van der Waals surface area contributed by atoms with Gasteiger partial charge in [0.25, 0.3) is 5.91 Å². The number of rotatable bonds is 4. The summed E-state index contributed by atoms with van der Waals surface area (Å²) in [7, 11) is 0. The molecule has 1 aromatic rings. The maximum Gasteiger partial charge on any atom is 0.251 e. The summed E-state index contributed by atoms with van der Waals surface area (Å²) in [4.78, 5) is 64.9. The van der Waals surface area contributed by atoms with Gasteiger partial charge in [0.15, 0.2) is 0 Å². The van der Waals surface area contributed by atoms with Gasteiger partial charge in [-0.1, -0.05) is 46.2 Å². The zero-order chi connectivity index (χ0) is 29.9. The van der Waals surface area contributed by atoms with E-state index in [9.17, 15) is 24.0 Å². The molecule has 1 aliphatic rings. The Morgan fingerprint density at radius 3 is 2.38 bits per heavy atom. The molecule has 10 nitrogen and oxygen atoms in total. The van der Waals surface area contributed by atoms with Gasteiger partial charge in [0.2, 0.25) is 23.6 Å². The lowest BCUT2D eigenvalue weighted by molar-refractivity contribution is -0.136. The van der Waals surface area contributed by atoms with Gasteiger partial charge in [-0.25, -0.2) is 0 Å². The maximum atomic E-state index is 13.4. The van der Waals surface area contributed by atoms with Crippen molar-refractivity contribution >= 4 is 41.3 Å². The largest absolute Gasteiger partial charge is 0.353 e. The lowest BCUT2D eigenvalue weighted by Gasteiger charge is -2.30. The van der Waals surface area contributed by atoms with Crippen molar-refractivity contribution in [1.29, 1.82) is 0 Å². The average Bonchev–Trinajstić information content (AvgIpc) is 2.89. The van der Waals surface area contributed by atoms with Crippen LogP contribution in [0.3, 0.4) is 0 Å². The molecule has 0 saturated heterocycles. The van der Waals surface area contributed by atoms with E-state index in [0.29, 0.717) is 36.5 Å². The first-order valence-corrected chi connectivity index (χ1v) is 15.1. The highest BCUT2D eigenvalue weighted by Gasteiger charge is 2.35. The van der Waals surface area contributed by atoms with Crippen molar-refractivity contribution in [2.24, 2.45) is 11.8 Å². The fourth-order valence-corrected chi connectivity index (χ4v) is 5.01. The van der Waals surface area contributed by atoms with Crippen LogP contribution in [0.4, 0.5) is 0 Å². The molecule has 2 bridgehead atoms. The van der Waals surface area contributed by atoms with Crippen LogP contribution in [0.5, 0.6) is 0 Å². The topological polar surface area (TPSA) is 146 Å². The molecule has 222 valence electrons. The molecule has 0 radical (unpaired) electrons. The molecule has 40 heavy (non-hydrogen) atoms. The first-order valence-electron chi connectivity index (χ1n) is 14.0. The Kier molecular flexibility index (Phi) is 13.0. The predicted octanol–water partition coefficient (Wildman–Crippen LogP) is 2.13. The van der Waals surface area contributed by atoms with Crippen LogP contribution in [0.2, 0.25) is 0 Å². The van der Waals surface area contributed by atoms with Gasteiger partial charge in [0.1, 0.15) is 17.6 Å². The Morgan fingerprint density at radius 2 is 1.70 bits per heavy atom. The molecule has 5 amide bonds. The van der Waals surface area contributed by atoms with Crippen molar-refractivity contribution in [2.45, 2.75) is 84.2 Å². The van der Waals surface area contributed by atoms with Crippen molar-refractivity contribution in [3.63, 3.8) is 0 Å². The molecule has 0 aromatic heterocycles. The molecule has 1 aliphatic heterocycles. The minimum Gasteiger partial charge on any atom is -0.353 e. The van der Waals surface area contributed by atoms with Crippen LogP contribution >= 0.6 is 11.8 Å². The zero-order valence-corrected chi connectivity index (χ0v) is 25.3. The summed E-state index contributed by atoms with van der Waals surface area (Å²) in [5, 5.41) is 14.0. The third-order valence-corrected chi connectivity index (χ3v) is 7.81. The molecular weight excluding hydrogens is 530 g/mol. The molecule has 3 atom stereocenters. The summed E-state index contributed by atoms with van der Waals surface area (Å²) < 4.78 is 0. The van der Waals surface area contributed by atoms with E-state index in [1.54, 1.807) is 31.7 Å². The molecule has 0 unspecified atom stereocenters. The number of nitrogens with one attached hydrogen (secondary N) is 5. The predicted molar refractivity (Wildman–Crippen MR) is 158 cm³/mol. The number of hydrogen-bond donors (Lipinski definition) is 5. The summed E-state index contributed by atoms with van der Waals surface area (Å²) in [6, 6.07) is 5.63. The molecule has 2 rings (SSSR count). The number of carbonyl (C=O) groups is 5. The molecule has 0 aliphatic carbocycles. The van der Waals surface area contributed by atoms with Crippen molar-refractivity contribution < 1.29 is 24.0 Å². The van der Waals surface area contributed by atoms with Gasteiger partial charge in [0, 0.05) is 36.6 Å². The van der Waals surface area contributed by atoms with Gasteiger partial charge < -0.3 is 26.6 Å². The molecule has 0 saturated carbocycles. The standard InChI is InChI=1S/C29H45N5O5S/c1-7-19(4)24-27(38)31-13-14-40-17-20-9-8-10-21(16-20)25(36)30-12-11-23(35)34-29(5,6)28(39)32-22(15-18(2)3)26(37)33-24/h8-10,16,18-19,22,24H,7,11-15,17H2,1-6H3,(H,30,36)(H,31,38)(H,32,39)(H,33,37)(H,34,35)/t19-,22-,24-/m0/s1. The van der Waals surface area contributed by atoms with E-state index in [1.807, 2.05) is 45.9 Å². The molecule has 1 heterocycles. The summed E-state index contributed by atoms with van der Waals surface area (Å²) in [6.45, 7) is 11.4. The van der Waals surface area contributed by atoms with Crippen molar-refractivity contribution in [2.75, 3.05) is 18.8 Å². The van der Waals surface area contributed by atoms with Crippen molar-refractivity contribution in [1.82, 2.24) is 26.6 Å². The SMILES string of the molecule is CC[C@H](C)[C@@H]1NC(=O)[C@H](CC(C)C)NC(=O)C(C)(C)NC(=O)CCNC(=O)c2cccc(c2)CSCCNC1=O. The number of carbonyl (C=O) groups excluding carboxylic acids is 5. The minimum atomic E-state index is -1.31. The highest BCUT2D eigenvalue weighted by atomic mass is 32.2. The van der Waals surface area contributed by atoms with Gasteiger partial charge >= 0.3 is 0 Å². The van der Waals surface area contributed by atoms with E-state index in [0.717, 1.165) is 5.56 Å². The Bertz CT molecular complexity index is 1060. The van der Waals surface area contributed by atoms with Crippen molar-refractivity contribution in [3.05, 3.63) is 35.4 Å². The van der Waals surface area contributed by atoms with E-state index < -0.39 is 35.3 Å². The zero-order valence-electron chi connectivity index (χ0n) is 24.5. The molecule has 0 fully saturated rings. The van der Waals surface area contributed by atoms with Crippen LogP contribution in [0.15, 0.2) is 24.3 Å². The highest BCUT2D eigenvalue weighted by molar-refractivity contribution is 7.98. The van der Waals surface area contributed by atoms with Gasteiger partial charge in [0.05, 0.1) is 0 Å². The first kappa shape index (κ1) is 33.1. The normalized spacial score (nSPS) is 22.9. The molecule has 5 N–H and O–H groups in total. The monoisotopic (exact) mass is 575 g/mol. The quantitative estimate of drug-likeness (QED) is 0.372. The lowest BCUT2D eigenvalue weighted by atomic mass is 9.96. The number of benzene rings is 1. The Morgan fingerprint density at radius 1 is 0.975 bits per heavy atom. The highest BCUT2D eigenvalue weighted by Crippen LogP contribution is 2.15. The van der Waals surface area contributed by atoms with Crippen LogP contribution in [0, 0.1) is 11.8 Å². The Hall–Kier alpha value is -3.08. The number of hydrogen-bond acceptors (Lipinski definition) is 6. The Labute approximate surface area is 241 Å². The van der Waals surface area contributed by atoms with E-state index in [1.165, 1.54) is 0 Å². The van der Waals surface area contributed by atoms with E-state index in [-0.39, 0.29) is 36.6 Å². The summed E-state index contributed by atoms with van der Waals surface area (Å²) in [6.07, 6.45) is 1.02. The minimum absolute atomic E-state index is 0.0143. The van der Waals surface area contributed by atoms with E-state index in [4.69, 9.17) is 0 Å². The van der Waals surface area contributed by atoms with Gasteiger partial charge in [-0.05, 0) is 49.8 Å². The number of amides is 5. The second kappa shape index (κ2) is 15.6. The number of fused-ring (bicyclic) bond motifs is 2. The smallest absolute Gasteiger partial charge is 0.251 e. The van der Waals surface area contributed by atoms with Crippen LogP contribution < -0.4 is 26.6 Å². The fourth-order valence-electron chi connectivity index (χ4n) is 4.21. The van der Waals surface area contributed by atoms with E-state index in [2.05, 4.69) is 26.6 Å². The van der Waals surface area contributed by atoms with Crippen LogP contribution in [0.25, 0.3) is 0 Å². The molecule has 1 aromatic carbocycles. The van der Waals surface area contributed by atoms with Crippen LogP contribution in [-0.2, 0) is 24.9 Å². The van der Waals surface area contributed by atoms with E-state index >= 15 is 0 Å². The third kappa shape index (κ3) is 10.5. The van der Waals surface area contributed by atoms with Crippen LogP contribution in [0.1, 0.15) is 76.7 Å². The average molecular weight is 576 g/mol. The van der Waals surface area contributed by atoms with Crippen molar-refractivity contribution in [3.8, 4) is 0 Å². The molecule has 0 spiro atoms. The summed E-state index contributed by atoms with van der Waals surface area (Å²) >= 11 is 1.62.